The number of para-hydroxylation sites is 1. The molecule has 0 saturated heterocycles. The van der Waals surface area contributed by atoms with E-state index in [0.717, 1.165) is 22.6 Å². The lowest BCUT2D eigenvalue weighted by molar-refractivity contribution is 0.606. The average Bonchev–Trinajstić information content (AvgIpc) is 3.00. The fraction of sp³-hybridized carbons (Fsp3) is 0.273. The zero-order valence-corrected chi connectivity index (χ0v) is 16.5. The Morgan fingerprint density at radius 1 is 1.04 bits per heavy atom. The smallest absolute Gasteiger partial charge is 0.191 e. The van der Waals surface area contributed by atoms with Crippen molar-refractivity contribution >= 4 is 5.96 Å². The Hall–Kier alpha value is -3.15. The van der Waals surface area contributed by atoms with Crippen LogP contribution >= 0.6 is 0 Å². The van der Waals surface area contributed by atoms with E-state index in [2.05, 4.69) is 27.6 Å². The molecule has 3 rings (SSSR count). The highest BCUT2D eigenvalue weighted by Gasteiger charge is 2.13. The number of hydrogen-bond acceptors (Lipinski definition) is 2. The first-order valence-corrected chi connectivity index (χ1v) is 9.38. The molecule has 0 atom stereocenters. The number of rotatable bonds is 6. The number of aliphatic imine (C=N–C) groups is 1. The number of hydrogen-bond donors (Lipinski definition) is 2. The van der Waals surface area contributed by atoms with Crippen LogP contribution in [0.15, 0.2) is 59.6 Å². The van der Waals surface area contributed by atoms with Crippen molar-refractivity contribution in [2.45, 2.75) is 26.8 Å². The third-order valence-electron chi connectivity index (χ3n) is 4.74. The van der Waals surface area contributed by atoms with E-state index < -0.39 is 0 Å². The number of guanidine groups is 1. The van der Waals surface area contributed by atoms with Crippen LogP contribution in [0.1, 0.15) is 22.5 Å². The van der Waals surface area contributed by atoms with Crippen molar-refractivity contribution < 1.29 is 4.39 Å². The monoisotopic (exact) mass is 379 g/mol. The van der Waals surface area contributed by atoms with Crippen LogP contribution < -0.4 is 10.6 Å². The Labute approximate surface area is 165 Å². The molecule has 0 unspecified atom stereocenters. The molecule has 0 amide bonds. The molecule has 1 heterocycles. The van der Waals surface area contributed by atoms with Crippen LogP contribution in [0.4, 0.5) is 4.39 Å². The first-order valence-electron chi connectivity index (χ1n) is 9.38. The summed E-state index contributed by atoms with van der Waals surface area (Å²) in [4.78, 5) is 4.25. The average molecular weight is 379 g/mol. The van der Waals surface area contributed by atoms with E-state index in [1.54, 1.807) is 19.2 Å². The third kappa shape index (κ3) is 4.57. The molecular weight excluding hydrogens is 353 g/mol. The minimum Gasteiger partial charge on any atom is -0.356 e. The second-order valence-electron chi connectivity index (χ2n) is 6.59. The number of aryl methyl sites for hydroxylation is 1. The summed E-state index contributed by atoms with van der Waals surface area (Å²) in [6.45, 7) is 5.29. The van der Waals surface area contributed by atoms with Gasteiger partial charge in [0.2, 0.25) is 0 Å². The van der Waals surface area contributed by atoms with Crippen LogP contribution in [0.5, 0.6) is 0 Å². The summed E-state index contributed by atoms with van der Waals surface area (Å²) in [5.74, 6) is 0.509. The molecule has 146 valence electrons. The Kier molecular flexibility index (Phi) is 6.42. The lowest BCUT2D eigenvalue weighted by Gasteiger charge is -2.12. The summed E-state index contributed by atoms with van der Waals surface area (Å²) in [6, 6.07) is 16.9. The van der Waals surface area contributed by atoms with Crippen LogP contribution in [-0.4, -0.2) is 29.3 Å². The van der Waals surface area contributed by atoms with Gasteiger partial charge in [0.25, 0.3) is 0 Å². The van der Waals surface area contributed by atoms with Gasteiger partial charge in [-0.05, 0) is 44.0 Å². The summed E-state index contributed by atoms with van der Waals surface area (Å²) in [5, 5.41) is 11.2. The van der Waals surface area contributed by atoms with Gasteiger partial charge in [0.1, 0.15) is 5.82 Å². The molecule has 3 aromatic rings. The molecule has 5 nitrogen and oxygen atoms in total. The second-order valence-corrected chi connectivity index (χ2v) is 6.59. The van der Waals surface area contributed by atoms with E-state index in [9.17, 15) is 4.39 Å². The van der Waals surface area contributed by atoms with Crippen molar-refractivity contribution in [1.29, 1.82) is 0 Å². The molecule has 28 heavy (non-hydrogen) atoms. The Morgan fingerprint density at radius 3 is 2.46 bits per heavy atom. The molecule has 6 heteroatoms. The van der Waals surface area contributed by atoms with Crippen molar-refractivity contribution in [2.24, 2.45) is 4.99 Å². The summed E-state index contributed by atoms with van der Waals surface area (Å²) < 4.78 is 15.7. The van der Waals surface area contributed by atoms with Gasteiger partial charge < -0.3 is 10.6 Å². The van der Waals surface area contributed by atoms with Crippen LogP contribution in [0.3, 0.4) is 0 Å². The van der Waals surface area contributed by atoms with Crippen molar-refractivity contribution in [3.05, 3.63) is 82.9 Å². The molecule has 0 saturated carbocycles. The quantitative estimate of drug-likeness (QED) is 0.509. The Balaban J connectivity index is 1.60. The van der Waals surface area contributed by atoms with Gasteiger partial charge in [0.15, 0.2) is 5.96 Å². The predicted molar refractivity (Wildman–Crippen MR) is 111 cm³/mol. The Morgan fingerprint density at radius 2 is 1.75 bits per heavy atom. The van der Waals surface area contributed by atoms with Crippen molar-refractivity contribution in [2.75, 3.05) is 13.6 Å². The largest absolute Gasteiger partial charge is 0.356 e. The number of aromatic nitrogens is 2. The van der Waals surface area contributed by atoms with Crippen LogP contribution in [-0.2, 0) is 13.0 Å². The topological polar surface area (TPSA) is 54.2 Å². The lowest BCUT2D eigenvalue weighted by Crippen LogP contribution is -2.38. The minimum absolute atomic E-state index is 0.174. The van der Waals surface area contributed by atoms with Crippen molar-refractivity contribution in [3.63, 3.8) is 0 Å². The highest BCUT2D eigenvalue weighted by molar-refractivity contribution is 5.79. The van der Waals surface area contributed by atoms with E-state index >= 15 is 0 Å². The standard InChI is InChI=1S/C22H26FN5/c1-16-20(17(2)28(27-16)19-10-5-4-6-11-19)15-26-22(24-3)25-14-13-18-9-7-8-12-21(18)23/h4-12H,13-15H2,1-3H3,(H2,24,25,26). The van der Waals surface area contributed by atoms with E-state index in [1.165, 1.54) is 6.07 Å². The number of benzene rings is 2. The maximum atomic E-state index is 13.7. The summed E-state index contributed by atoms with van der Waals surface area (Å²) in [7, 11) is 1.73. The predicted octanol–water partition coefficient (Wildman–Crippen LogP) is 3.54. The summed E-state index contributed by atoms with van der Waals surface area (Å²) in [6.07, 6.45) is 0.595. The van der Waals surface area contributed by atoms with Gasteiger partial charge in [0.05, 0.1) is 11.4 Å². The molecule has 0 aliphatic carbocycles. The molecule has 0 spiro atoms. The number of halogens is 1. The number of nitrogens with one attached hydrogen (secondary N) is 2. The molecule has 2 aromatic carbocycles. The molecule has 2 N–H and O–H groups in total. The van der Waals surface area contributed by atoms with Crippen LogP contribution in [0, 0.1) is 19.7 Å². The van der Waals surface area contributed by atoms with E-state index in [0.29, 0.717) is 31.0 Å². The van der Waals surface area contributed by atoms with E-state index in [4.69, 9.17) is 0 Å². The molecule has 0 aliphatic heterocycles. The van der Waals surface area contributed by atoms with E-state index in [-0.39, 0.29) is 5.82 Å². The fourth-order valence-electron chi connectivity index (χ4n) is 3.16. The minimum atomic E-state index is -0.174. The molecule has 0 radical (unpaired) electrons. The van der Waals surface area contributed by atoms with Crippen LogP contribution in [0.2, 0.25) is 0 Å². The highest BCUT2D eigenvalue weighted by atomic mass is 19.1. The van der Waals surface area contributed by atoms with E-state index in [1.807, 2.05) is 48.0 Å². The summed E-state index contributed by atoms with van der Waals surface area (Å²) >= 11 is 0. The van der Waals surface area contributed by atoms with Gasteiger partial charge in [-0.2, -0.15) is 5.10 Å². The first kappa shape index (κ1) is 19.6. The van der Waals surface area contributed by atoms with Gasteiger partial charge in [-0.3, -0.25) is 4.99 Å². The fourth-order valence-corrected chi connectivity index (χ4v) is 3.16. The SMILES string of the molecule is CN=C(NCCc1ccccc1F)NCc1c(C)nn(-c2ccccc2)c1C. The first-order chi connectivity index (χ1) is 13.6. The molecule has 1 aromatic heterocycles. The third-order valence-corrected chi connectivity index (χ3v) is 4.74. The van der Waals surface area contributed by atoms with Gasteiger partial charge in [-0.15, -0.1) is 0 Å². The van der Waals surface area contributed by atoms with Crippen LogP contribution in [0.25, 0.3) is 5.69 Å². The zero-order chi connectivity index (χ0) is 19.9. The van der Waals surface area contributed by atoms with Crippen molar-refractivity contribution in [1.82, 2.24) is 20.4 Å². The maximum absolute atomic E-state index is 13.7. The number of nitrogens with zero attached hydrogens (tertiary/aromatic N) is 3. The van der Waals surface area contributed by atoms with Gasteiger partial charge >= 0.3 is 0 Å². The lowest BCUT2D eigenvalue weighted by atomic mass is 10.1. The van der Waals surface area contributed by atoms with Gasteiger partial charge in [-0.1, -0.05) is 36.4 Å². The van der Waals surface area contributed by atoms with Gasteiger partial charge in [-0.25, -0.2) is 9.07 Å². The molecule has 0 aliphatic rings. The Bertz CT molecular complexity index is 947. The zero-order valence-electron chi connectivity index (χ0n) is 16.5. The molecule has 0 bridgehead atoms. The molecule has 0 fully saturated rings. The summed E-state index contributed by atoms with van der Waals surface area (Å²) in [5.41, 5.74) is 4.96. The second kappa shape index (κ2) is 9.17. The maximum Gasteiger partial charge on any atom is 0.191 e. The normalized spacial score (nSPS) is 11.5. The highest BCUT2D eigenvalue weighted by Crippen LogP contribution is 2.17. The van der Waals surface area contributed by atoms with Crippen molar-refractivity contribution in [3.8, 4) is 5.69 Å². The van der Waals surface area contributed by atoms with Gasteiger partial charge in [0, 0.05) is 31.4 Å². The molecular formula is C22H26FN5.